The second-order valence-electron chi connectivity index (χ2n) is 12.1. The Morgan fingerprint density at radius 1 is 1.24 bits per heavy atom. The van der Waals surface area contributed by atoms with Gasteiger partial charge in [0.25, 0.3) is 0 Å². The fourth-order valence-corrected chi connectivity index (χ4v) is 6.57. The molecule has 11 heteroatoms. The summed E-state index contributed by atoms with van der Waals surface area (Å²) in [5, 5.41) is 9.20. The van der Waals surface area contributed by atoms with Crippen molar-refractivity contribution >= 4 is 48.5 Å². The number of alkyl halides is 1. The molecule has 0 amide bonds. The van der Waals surface area contributed by atoms with Crippen molar-refractivity contribution in [3.63, 3.8) is 0 Å². The Morgan fingerprint density at radius 3 is 2.61 bits per heavy atom. The molecule has 6 atom stereocenters. The van der Waals surface area contributed by atoms with Gasteiger partial charge < -0.3 is 23.5 Å². The summed E-state index contributed by atoms with van der Waals surface area (Å²) in [4.78, 5) is 36.1. The van der Waals surface area contributed by atoms with Gasteiger partial charge in [-0.2, -0.15) is 0 Å². The van der Waals surface area contributed by atoms with Gasteiger partial charge in [0.1, 0.15) is 12.0 Å². The first kappa shape index (κ1) is 31.6. The van der Waals surface area contributed by atoms with Gasteiger partial charge in [0.15, 0.2) is 0 Å². The SMILES string of the molecule is [3H]BSO[C@@H](CC(=O)O)CC(=O)O[C@@H](C[C@@H]1CCCC2(C[C@H](C)CC[C@H]2C(C)C)O1)C(C)(C)COC(=O)CCl. The number of carbonyl (C=O) groups is 3. The molecule has 2 rings (SSSR count). The third kappa shape index (κ3) is 9.90. The molecule has 1 N–H and O–H groups in total. The van der Waals surface area contributed by atoms with Gasteiger partial charge in [0.05, 0.1) is 37.3 Å². The molecule has 2 fully saturated rings. The highest BCUT2D eigenvalue weighted by Crippen LogP contribution is 2.50. The van der Waals surface area contributed by atoms with Crippen LogP contribution in [-0.4, -0.2) is 67.8 Å². The van der Waals surface area contributed by atoms with E-state index in [0.717, 1.165) is 44.0 Å². The number of halogens is 1. The molecule has 1 heterocycles. The maximum Gasteiger partial charge on any atom is 0.320 e. The van der Waals surface area contributed by atoms with Crippen molar-refractivity contribution in [2.45, 2.75) is 116 Å². The van der Waals surface area contributed by atoms with Gasteiger partial charge in [-0.3, -0.25) is 14.4 Å². The van der Waals surface area contributed by atoms with Gasteiger partial charge in [0, 0.05) is 11.8 Å². The number of carbonyl (C=O) groups excluding carboxylic acids is 2. The lowest BCUT2D eigenvalue weighted by Gasteiger charge is -2.52. The Hall–Kier alpha value is -0.965. The molecule has 0 radical (unpaired) electrons. The zero-order valence-corrected chi connectivity index (χ0v) is 25.1. The molecule has 38 heavy (non-hydrogen) atoms. The van der Waals surface area contributed by atoms with Crippen LogP contribution in [-0.2, 0) is 32.8 Å². The quantitative estimate of drug-likeness (QED) is 0.125. The molecular formula is C27H46BClO8S. The molecule has 218 valence electrons. The smallest absolute Gasteiger partial charge is 0.320 e. The fourth-order valence-electron chi connectivity index (χ4n) is 6.17. The number of hydrogen-bond donors (Lipinski definition) is 1. The highest BCUT2D eigenvalue weighted by Gasteiger charge is 2.49. The van der Waals surface area contributed by atoms with E-state index in [1.54, 1.807) is 0 Å². The van der Waals surface area contributed by atoms with Crippen LogP contribution >= 0.6 is 23.5 Å². The summed E-state index contributed by atoms with van der Waals surface area (Å²) in [6.45, 7) is 10.6. The van der Waals surface area contributed by atoms with E-state index in [2.05, 4.69) is 20.8 Å². The maximum atomic E-state index is 13.0. The standard InChI is InChI=1S/C27H46BClO8S/c1-17(2)21-9-8-18(3)14-27(21)10-6-7-19(36-27)11-22(26(4,5)16-34-25(33)15-29)35-24(32)13-20(37-38-28)12-23(30)31/h17-22H,6-16,28H2,1-5H3,(H,30,31)/t18-,19+,20+,21+,22+,27?/m1/s1/i28T. The summed E-state index contributed by atoms with van der Waals surface area (Å²) in [7, 11) is -0.122. The maximum absolute atomic E-state index is 13.0. The van der Waals surface area contributed by atoms with Crippen LogP contribution in [0.2, 0.25) is 0 Å². The summed E-state index contributed by atoms with van der Waals surface area (Å²) in [6, 6.07) is 0. The van der Waals surface area contributed by atoms with E-state index in [1.807, 2.05) is 13.8 Å². The number of hydrogen-bond acceptors (Lipinski definition) is 8. The predicted molar refractivity (Wildman–Crippen MR) is 151 cm³/mol. The summed E-state index contributed by atoms with van der Waals surface area (Å²) in [6.07, 6.45) is 4.35. The molecule has 0 bridgehead atoms. The Morgan fingerprint density at radius 2 is 1.97 bits per heavy atom. The molecule has 1 aliphatic heterocycles. The minimum absolute atomic E-state index is 0.00374. The fraction of sp³-hybridized carbons (Fsp3) is 0.889. The van der Waals surface area contributed by atoms with Crippen molar-refractivity contribution in [1.29, 1.82) is 1.34 Å². The van der Waals surface area contributed by atoms with Crippen molar-refractivity contribution in [1.82, 2.24) is 0 Å². The van der Waals surface area contributed by atoms with Crippen molar-refractivity contribution in [2.24, 2.45) is 23.2 Å². The van der Waals surface area contributed by atoms with Crippen LogP contribution in [0.15, 0.2) is 0 Å². The molecule has 1 aliphatic carbocycles. The highest BCUT2D eigenvalue weighted by atomic mass is 35.5. The zero-order valence-electron chi connectivity index (χ0n) is 24.5. The van der Waals surface area contributed by atoms with Gasteiger partial charge in [-0.05, 0) is 51.2 Å². The van der Waals surface area contributed by atoms with E-state index in [4.69, 9.17) is 31.3 Å². The normalized spacial score (nSPS) is 27.9. The van der Waals surface area contributed by atoms with Gasteiger partial charge in [-0.15, -0.1) is 11.6 Å². The second-order valence-corrected chi connectivity index (χ2v) is 12.8. The van der Waals surface area contributed by atoms with Crippen molar-refractivity contribution in [2.75, 3.05) is 12.5 Å². The van der Waals surface area contributed by atoms with E-state index in [1.165, 1.54) is 6.42 Å². The molecule has 0 aromatic rings. The molecule has 8 nitrogen and oxygen atoms in total. The summed E-state index contributed by atoms with van der Waals surface area (Å²) in [5.74, 6) is -0.975. The Labute approximate surface area is 239 Å². The van der Waals surface area contributed by atoms with E-state index >= 15 is 0 Å². The largest absolute Gasteiger partial charge is 0.481 e. The third-order valence-corrected chi connectivity index (χ3v) is 8.64. The summed E-state index contributed by atoms with van der Waals surface area (Å²) in [5.41, 5.74) is -0.936. The average molecular weight is 579 g/mol. The van der Waals surface area contributed by atoms with Crippen LogP contribution in [0.3, 0.4) is 0 Å². The topological polar surface area (TPSA) is 108 Å². The Bertz CT molecular complexity index is 819. The molecule has 0 aromatic carbocycles. The first-order chi connectivity index (χ1) is 18.3. The number of carboxylic acids is 1. The van der Waals surface area contributed by atoms with Gasteiger partial charge in [-0.1, -0.05) is 52.9 Å². The Balaban J connectivity index is 2.22. The zero-order chi connectivity index (χ0) is 29.2. The second kappa shape index (κ2) is 15.1. The minimum atomic E-state index is -1.11. The number of rotatable bonds is 15. The lowest BCUT2D eigenvalue weighted by Crippen LogP contribution is -2.53. The molecular weight excluding hydrogens is 531 g/mol. The monoisotopic (exact) mass is 578 g/mol. The van der Waals surface area contributed by atoms with Crippen LogP contribution in [0, 0.1) is 23.2 Å². The first-order valence-electron chi connectivity index (χ1n) is 14.4. The number of ether oxygens (including phenoxy) is 3. The third-order valence-electron chi connectivity index (χ3n) is 8.01. The average Bonchev–Trinajstić information content (AvgIpc) is 2.84. The van der Waals surface area contributed by atoms with Crippen LogP contribution < -0.4 is 0 Å². The summed E-state index contributed by atoms with van der Waals surface area (Å²) < 4.78 is 30.8. The van der Waals surface area contributed by atoms with Crippen LogP contribution in [0.5, 0.6) is 0 Å². The van der Waals surface area contributed by atoms with Crippen LogP contribution in [0.4, 0.5) is 0 Å². The Kier molecular flexibility index (Phi) is 12.6. The molecule has 1 unspecified atom stereocenters. The predicted octanol–water partition coefficient (Wildman–Crippen LogP) is 4.94. The number of aliphatic carboxylic acids is 1. The van der Waals surface area contributed by atoms with E-state index in [9.17, 15) is 19.5 Å². The molecule has 2 aliphatic rings. The van der Waals surface area contributed by atoms with Crippen LogP contribution in [0.25, 0.3) is 0 Å². The molecule has 1 saturated carbocycles. The molecule has 0 aromatic heterocycles. The van der Waals surface area contributed by atoms with Crippen molar-refractivity contribution in [3.05, 3.63) is 0 Å². The lowest BCUT2D eigenvalue weighted by atomic mass is 9.64. The van der Waals surface area contributed by atoms with Crippen molar-refractivity contribution < 1.29 is 37.9 Å². The molecule has 1 saturated heterocycles. The van der Waals surface area contributed by atoms with Gasteiger partial charge in [0.2, 0.25) is 7.09 Å². The van der Waals surface area contributed by atoms with E-state index < -0.39 is 35.5 Å². The number of carboxylic acid groups (broad SMARTS) is 1. The number of esters is 2. The van der Waals surface area contributed by atoms with E-state index in [-0.39, 0.29) is 44.1 Å². The van der Waals surface area contributed by atoms with Crippen LogP contribution in [0.1, 0.15) is 92.4 Å². The lowest BCUT2D eigenvalue weighted by molar-refractivity contribution is -0.205. The van der Waals surface area contributed by atoms with Crippen molar-refractivity contribution in [3.8, 4) is 0 Å². The highest BCUT2D eigenvalue weighted by molar-refractivity contribution is 8.15. The first-order valence-corrected chi connectivity index (χ1v) is 15.1. The minimum Gasteiger partial charge on any atom is -0.481 e. The molecule has 1 spiro atoms. The van der Waals surface area contributed by atoms with E-state index in [0.29, 0.717) is 24.2 Å². The summed E-state index contributed by atoms with van der Waals surface area (Å²) >= 11 is 6.40. The van der Waals surface area contributed by atoms with Gasteiger partial charge >= 0.3 is 17.9 Å². The van der Waals surface area contributed by atoms with Gasteiger partial charge in [-0.25, -0.2) is 0 Å².